The summed E-state index contributed by atoms with van der Waals surface area (Å²) in [5.41, 5.74) is 6.57. The van der Waals surface area contributed by atoms with Gasteiger partial charge in [-0.1, -0.05) is 23.7 Å². The number of aromatic carboxylic acids is 1. The third-order valence-electron chi connectivity index (χ3n) is 2.39. The largest absolute Gasteiger partial charge is 0.477 e. The third-order valence-corrected chi connectivity index (χ3v) is 2.64. The summed E-state index contributed by atoms with van der Waals surface area (Å²) in [6, 6.07) is 8.36. The number of nitrogens with zero attached hydrogens (tertiary/aromatic N) is 1. The number of benzene rings is 1. The van der Waals surface area contributed by atoms with E-state index in [1.807, 2.05) is 0 Å². The quantitative estimate of drug-likeness (QED) is 0.898. The SMILES string of the molecule is Nc1cnc(OCc2ccc(Cl)cc2)c(C(=O)O)c1. The average Bonchev–Trinajstić information content (AvgIpc) is 2.39. The standard InChI is InChI=1S/C13H11ClN2O3/c14-9-3-1-8(2-4-9)7-19-12-11(13(17)18)5-10(15)6-16-12/h1-6H,7,15H2,(H,17,18). The fraction of sp³-hybridized carbons (Fsp3) is 0.0769. The summed E-state index contributed by atoms with van der Waals surface area (Å²) in [7, 11) is 0. The molecule has 0 radical (unpaired) electrons. The Bertz CT molecular complexity index is 599. The van der Waals surface area contributed by atoms with Crippen LogP contribution in [-0.4, -0.2) is 16.1 Å². The van der Waals surface area contributed by atoms with Crippen molar-refractivity contribution in [3.63, 3.8) is 0 Å². The zero-order valence-electron chi connectivity index (χ0n) is 9.84. The Balaban J connectivity index is 2.15. The molecule has 1 aromatic heterocycles. The van der Waals surface area contributed by atoms with E-state index in [1.165, 1.54) is 12.3 Å². The van der Waals surface area contributed by atoms with Gasteiger partial charge in [0.05, 0.1) is 11.9 Å². The number of rotatable bonds is 4. The van der Waals surface area contributed by atoms with Crippen molar-refractivity contribution in [2.24, 2.45) is 0 Å². The number of anilines is 1. The van der Waals surface area contributed by atoms with Crippen LogP contribution in [0.2, 0.25) is 5.02 Å². The first-order chi connectivity index (χ1) is 9.06. The molecule has 3 N–H and O–H groups in total. The number of hydrogen-bond donors (Lipinski definition) is 2. The molecule has 1 aromatic carbocycles. The van der Waals surface area contributed by atoms with E-state index in [1.54, 1.807) is 24.3 Å². The van der Waals surface area contributed by atoms with Gasteiger partial charge in [-0.2, -0.15) is 0 Å². The lowest BCUT2D eigenvalue weighted by Gasteiger charge is -2.08. The highest BCUT2D eigenvalue weighted by Gasteiger charge is 2.13. The molecule has 6 heteroatoms. The molecule has 0 aliphatic rings. The van der Waals surface area contributed by atoms with Gasteiger partial charge < -0.3 is 15.6 Å². The predicted molar refractivity (Wildman–Crippen MR) is 71.4 cm³/mol. The van der Waals surface area contributed by atoms with Gasteiger partial charge in [-0.25, -0.2) is 9.78 Å². The van der Waals surface area contributed by atoms with Crippen LogP contribution in [0.4, 0.5) is 5.69 Å². The van der Waals surface area contributed by atoms with Crippen molar-refractivity contribution in [2.45, 2.75) is 6.61 Å². The van der Waals surface area contributed by atoms with Crippen LogP contribution in [-0.2, 0) is 6.61 Å². The topological polar surface area (TPSA) is 85.4 Å². The highest BCUT2D eigenvalue weighted by molar-refractivity contribution is 6.30. The maximum absolute atomic E-state index is 11.0. The Labute approximate surface area is 114 Å². The molecule has 5 nitrogen and oxygen atoms in total. The molecule has 2 rings (SSSR count). The Hall–Kier alpha value is -2.27. The number of halogens is 1. The molecule has 19 heavy (non-hydrogen) atoms. The van der Waals surface area contributed by atoms with Crippen LogP contribution >= 0.6 is 11.6 Å². The molecule has 0 bridgehead atoms. The molecule has 0 unspecified atom stereocenters. The molecule has 0 fully saturated rings. The fourth-order valence-corrected chi connectivity index (χ4v) is 1.59. The number of carboxylic acids is 1. The molecule has 0 amide bonds. The van der Waals surface area contributed by atoms with Crippen LogP contribution < -0.4 is 10.5 Å². The van der Waals surface area contributed by atoms with E-state index in [2.05, 4.69) is 4.98 Å². The van der Waals surface area contributed by atoms with Crippen molar-refractivity contribution in [2.75, 3.05) is 5.73 Å². The van der Waals surface area contributed by atoms with Crippen LogP contribution in [0.1, 0.15) is 15.9 Å². The number of carbonyl (C=O) groups is 1. The van der Waals surface area contributed by atoms with E-state index in [9.17, 15) is 4.79 Å². The van der Waals surface area contributed by atoms with Gasteiger partial charge in [0.1, 0.15) is 12.2 Å². The summed E-state index contributed by atoms with van der Waals surface area (Å²) in [6.07, 6.45) is 1.35. The summed E-state index contributed by atoms with van der Waals surface area (Å²) < 4.78 is 5.39. The van der Waals surface area contributed by atoms with E-state index in [0.717, 1.165) is 5.56 Å². The van der Waals surface area contributed by atoms with Gasteiger partial charge in [0.15, 0.2) is 0 Å². The second-order valence-electron chi connectivity index (χ2n) is 3.84. The number of carboxylic acid groups (broad SMARTS) is 1. The number of hydrogen-bond acceptors (Lipinski definition) is 4. The maximum atomic E-state index is 11.0. The zero-order valence-corrected chi connectivity index (χ0v) is 10.6. The lowest BCUT2D eigenvalue weighted by molar-refractivity contribution is 0.0690. The van der Waals surface area contributed by atoms with Gasteiger partial charge in [0.25, 0.3) is 0 Å². The highest BCUT2D eigenvalue weighted by atomic mass is 35.5. The van der Waals surface area contributed by atoms with Crippen LogP contribution in [0, 0.1) is 0 Å². The van der Waals surface area contributed by atoms with Crippen LogP contribution in [0.15, 0.2) is 36.5 Å². The van der Waals surface area contributed by atoms with Gasteiger partial charge in [0, 0.05) is 5.02 Å². The molecule has 0 aliphatic carbocycles. The normalized spacial score (nSPS) is 10.2. The van der Waals surface area contributed by atoms with Crippen molar-refractivity contribution in [1.82, 2.24) is 4.98 Å². The minimum Gasteiger partial charge on any atom is -0.477 e. The van der Waals surface area contributed by atoms with Gasteiger partial charge in [-0.15, -0.1) is 0 Å². The van der Waals surface area contributed by atoms with Crippen molar-refractivity contribution < 1.29 is 14.6 Å². The summed E-state index contributed by atoms with van der Waals surface area (Å²) in [5.74, 6) is -1.09. The van der Waals surface area contributed by atoms with Crippen molar-refractivity contribution in [3.05, 3.63) is 52.7 Å². The lowest BCUT2D eigenvalue weighted by atomic mass is 10.2. The Kier molecular flexibility index (Phi) is 3.87. The summed E-state index contributed by atoms with van der Waals surface area (Å²) >= 11 is 5.77. The molecule has 0 saturated heterocycles. The van der Waals surface area contributed by atoms with Crippen LogP contribution in [0.5, 0.6) is 5.88 Å². The van der Waals surface area contributed by atoms with Crippen molar-refractivity contribution in [3.8, 4) is 5.88 Å². The first-order valence-corrected chi connectivity index (χ1v) is 5.80. The second-order valence-corrected chi connectivity index (χ2v) is 4.28. The van der Waals surface area contributed by atoms with Gasteiger partial charge >= 0.3 is 5.97 Å². The minimum atomic E-state index is -1.13. The van der Waals surface area contributed by atoms with Gasteiger partial charge in [0.2, 0.25) is 5.88 Å². The Morgan fingerprint density at radius 2 is 2.05 bits per heavy atom. The van der Waals surface area contributed by atoms with E-state index in [0.29, 0.717) is 5.02 Å². The van der Waals surface area contributed by atoms with E-state index in [4.69, 9.17) is 27.2 Å². The molecule has 98 valence electrons. The number of nitrogens with two attached hydrogens (primary N) is 1. The number of nitrogen functional groups attached to an aromatic ring is 1. The van der Waals surface area contributed by atoms with E-state index < -0.39 is 5.97 Å². The first-order valence-electron chi connectivity index (χ1n) is 5.42. The zero-order chi connectivity index (χ0) is 13.8. The molecule has 0 saturated carbocycles. The Morgan fingerprint density at radius 1 is 1.37 bits per heavy atom. The minimum absolute atomic E-state index is 0.0386. The molecular weight excluding hydrogens is 268 g/mol. The third kappa shape index (κ3) is 3.35. The summed E-state index contributed by atoms with van der Waals surface area (Å²) in [4.78, 5) is 14.9. The highest BCUT2D eigenvalue weighted by Crippen LogP contribution is 2.19. The van der Waals surface area contributed by atoms with E-state index in [-0.39, 0.29) is 23.7 Å². The molecule has 0 spiro atoms. The molecule has 0 atom stereocenters. The Morgan fingerprint density at radius 3 is 2.68 bits per heavy atom. The monoisotopic (exact) mass is 278 g/mol. The summed E-state index contributed by atoms with van der Waals surface area (Å²) in [6.45, 7) is 0.203. The number of aromatic nitrogens is 1. The second kappa shape index (κ2) is 5.58. The first kappa shape index (κ1) is 13.2. The van der Waals surface area contributed by atoms with Gasteiger partial charge in [-0.05, 0) is 23.8 Å². The van der Waals surface area contributed by atoms with Gasteiger partial charge in [-0.3, -0.25) is 0 Å². The maximum Gasteiger partial charge on any atom is 0.341 e. The number of pyridine rings is 1. The van der Waals surface area contributed by atoms with Crippen molar-refractivity contribution >= 4 is 23.3 Å². The number of ether oxygens (including phenoxy) is 1. The summed E-state index contributed by atoms with van der Waals surface area (Å²) in [5, 5.41) is 9.66. The molecule has 2 aromatic rings. The molecule has 1 heterocycles. The predicted octanol–water partition coefficient (Wildman–Crippen LogP) is 2.59. The smallest absolute Gasteiger partial charge is 0.341 e. The fourth-order valence-electron chi connectivity index (χ4n) is 1.47. The lowest BCUT2D eigenvalue weighted by Crippen LogP contribution is -2.06. The van der Waals surface area contributed by atoms with Crippen molar-refractivity contribution in [1.29, 1.82) is 0 Å². The molecule has 0 aliphatic heterocycles. The molecular formula is C13H11ClN2O3. The van der Waals surface area contributed by atoms with Crippen LogP contribution in [0.25, 0.3) is 0 Å². The van der Waals surface area contributed by atoms with Crippen LogP contribution in [0.3, 0.4) is 0 Å². The average molecular weight is 279 g/mol. The van der Waals surface area contributed by atoms with E-state index >= 15 is 0 Å².